The number of hydrogen-bond donors (Lipinski definition) is 1. The first kappa shape index (κ1) is 15.6. The third-order valence-corrected chi connectivity index (χ3v) is 3.40. The van der Waals surface area contributed by atoms with E-state index in [0.29, 0.717) is 6.54 Å². The van der Waals surface area contributed by atoms with Gasteiger partial charge in [-0.3, -0.25) is 4.68 Å². The summed E-state index contributed by atoms with van der Waals surface area (Å²) in [5.74, 6) is -4.18. The van der Waals surface area contributed by atoms with Gasteiger partial charge in [0.1, 0.15) is 0 Å². The van der Waals surface area contributed by atoms with Gasteiger partial charge in [0.2, 0.25) is 0 Å². The van der Waals surface area contributed by atoms with Crippen molar-refractivity contribution >= 4 is 0 Å². The molecule has 1 atom stereocenters. The summed E-state index contributed by atoms with van der Waals surface area (Å²) in [6.07, 6.45) is -0.426. The van der Waals surface area contributed by atoms with E-state index in [9.17, 15) is 18.3 Å². The molecule has 0 radical (unpaired) electrons. The molecule has 0 aliphatic carbocycles. The minimum atomic E-state index is -1.57. The number of hydrogen-bond acceptors (Lipinski definition) is 2. The van der Waals surface area contributed by atoms with Crippen LogP contribution < -0.4 is 0 Å². The van der Waals surface area contributed by atoms with E-state index in [1.54, 1.807) is 4.68 Å². The van der Waals surface area contributed by atoms with Crippen molar-refractivity contribution in [2.45, 2.75) is 39.3 Å². The molecule has 1 N–H and O–H groups in total. The molecule has 0 saturated carbocycles. The zero-order chi connectivity index (χ0) is 15.6. The number of nitrogens with zero attached hydrogens (tertiary/aromatic N) is 2. The number of aliphatic hydroxyl groups excluding tert-OH is 1. The summed E-state index contributed by atoms with van der Waals surface area (Å²) in [6.45, 7) is 4.47. The zero-order valence-electron chi connectivity index (χ0n) is 11.9. The predicted molar refractivity (Wildman–Crippen MR) is 72.3 cm³/mol. The lowest BCUT2D eigenvalue weighted by molar-refractivity contribution is 0.169. The molecule has 0 saturated heterocycles. The molecule has 2 rings (SSSR count). The standard InChI is InChI=1S/C15H17F3N2O/c1-3-9-7-10(20(4-2)19-9)8-13(21)11-5-6-12(16)15(18)14(11)17/h5-7,13,21H,3-4,8H2,1-2H3. The molecule has 0 amide bonds. The van der Waals surface area contributed by atoms with Crippen LogP contribution in [0.1, 0.15) is 36.9 Å². The first-order valence-electron chi connectivity index (χ1n) is 6.84. The Hall–Kier alpha value is -1.82. The molecule has 6 heteroatoms. The smallest absolute Gasteiger partial charge is 0.194 e. The number of aryl methyl sites for hydroxylation is 2. The predicted octanol–water partition coefficient (Wildman–Crippen LogP) is 3.16. The molecule has 2 aromatic rings. The fourth-order valence-electron chi connectivity index (χ4n) is 2.23. The summed E-state index contributed by atoms with van der Waals surface area (Å²) < 4.78 is 41.5. The van der Waals surface area contributed by atoms with Crippen LogP contribution >= 0.6 is 0 Å². The fourth-order valence-corrected chi connectivity index (χ4v) is 2.23. The van der Waals surface area contributed by atoms with Gasteiger partial charge < -0.3 is 5.11 Å². The highest BCUT2D eigenvalue weighted by Gasteiger charge is 2.21. The van der Waals surface area contributed by atoms with Crippen LogP contribution in [-0.2, 0) is 19.4 Å². The molecule has 0 aliphatic heterocycles. The second-order valence-corrected chi connectivity index (χ2v) is 4.78. The van der Waals surface area contributed by atoms with Gasteiger partial charge in [0.25, 0.3) is 0 Å². The average molecular weight is 298 g/mol. The second kappa shape index (κ2) is 6.30. The van der Waals surface area contributed by atoms with Gasteiger partial charge in [0.05, 0.1) is 11.8 Å². The Morgan fingerprint density at radius 1 is 1.19 bits per heavy atom. The first-order chi connectivity index (χ1) is 9.97. The van der Waals surface area contributed by atoms with Crippen molar-refractivity contribution in [3.8, 4) is 0 Å². The van der Waals surface area contributed by atoms with Crippen LogP contribution in [0.4, 0.5) is 13.2 Å². The highest BCUT2D eigenvalue weighted by Crippen LogP contribution is 2.24. The number of halogens is 3. The maximum absolute atomic E-state index is 13.7. The number of rotatable bonds is 5. The molecular formula is C15H17F3N2O. The largest absolute Gasteiger partial charge is 0.388 e. The molecule has 0 bridgehead atoms. The summed E-state index contributed by atoms with van der Waals surface area (Å²) >= 11 is 0. The number of benzene rings is 1. The monoisotopic (exact) mass is 298 g/mol. The van der Waals surface area contributed by atoms with Gasteiger partial charge in [-0.25, -0.2) is 13.2 Å². The van der Waals surface area contributed by atoms with Gasteiger partial charge in [-0.1, -0.05) is 13.0 Å². The van der Waals surface area contributed by atoms with E-state index in [0.717, 1.165) is 29.9 Å². The second-order valence-electron chi connectivity index (χ2n) is 4.78. The molecule has 1 aromatic heterocycles. The van der Waals surface area contributed by atoms with Gasteiger partial charge in [-0.05, 0) is 25.5 Å². The Balaban J connectivity index is 2.28. The molecule has 0 spiro atoms. The molecule has 0 aliphatic rings. The van der Waals surface area contributed by atoms with Crippen molar-refractivity contribution in [1.82, 2.24) is 9.78 Å². The minimum absolute atomic E-state index is 0.0861. The Bertz CT molecular complexity index is 640. The number of aliphatic hydroxyl groups is 1. The van der Waals surface area contributed by atoms with Crippen molar-refractivity contribution in [2.75, 3.05) is 0 Å². The Morgan fingerprint density at radius 2 is 1.90 bits per heavy atom. The lowest BCUT2D eigenvalue weighted by atomic mass is 10.0. The molecule has 3 nitrogen and oxygen atoms in total. The summed E-state index contributed by atoms with van der Waals surface area (Å²) in [5, 5.41) is 14.4. The van der Waals surface area contributed by atoms with Gasteiger partial charge >= 0.3 is 0 Å². The van der Waals surface area contributed by atoms with E-state index in [4.69, 9.17) is 0 Å². The van der Waals surface area contributed by atoms with Gasteiger partial charge in [-0.15, -0.1) is 0 Å². The molecular weight excluding hydrogens is 281 g/mol. The van der Waals surface area contributed by atoms with Crippen LogP contribution in [0.5, 0.6) is 0 Å². The highest BCUT2D eigenvalue weighted by atomic mass is 19.2. The lowest BCUT2D eigenvalue weighted by Crippen LogP contribution is -2.11. The van der Waals surface area contributed by atoms with Crippen molar-refractivity contribution in [3.63, 3.8) is 0 Å². The lowest BCUT2D eigenvalue weighted by Gasteiger charge is -2.13. The molecule has 1 unspecified atom stereocenters. The summed E-state index contributed by atoms with van der Waals surface area (Å²) in [7, 11) is 0. The summed E-state index contributed by atoms with van der Waals surface area (Å²) in [4.78, 5) is 0. The maximum Gasteiger partial charge on any atom is 0.194 e. The quantitative estimate of drug-likeness (QED) is 0.861. The van der Waals surface area contributed by atoms with Crippen molar-refractivity contribution in [2.24, 2.45) is 0 Å². The maximum atomic E-state index is 13.7. The van der Waals surface area contributed by atoms with Crippen LogP contribution in [0, 0.1) is 17.5 Å². The van der Waals surface area contributed by atoms with Gasteiger partial charge in [0, 0.05) is 24.2 Å². The Labute approximate surface area is 121 Å². The van der Waals surface area contributed by atoms with E-state index in [1.165, 1.54) is 0 Å². The third-order valence-electron chi connectivity index (χ3n) is 3.40. The van der Waals surface area contributed by atoms with Crippen LogP contribution in [0.2, 0.25) is 0 Å². The Kier molecular flexibility index (Phi) is 4.67. The first-order valence-corrected chi connectivity index (χ1v) is 6.84. The molecule has 114 valence electrons. The van der Waals surface area contributed by atoms with Crippen LogP contribution in [0.25, 0.3) is 0 Å². The van der Waals surface area contributed by atoms with E-state index in [-0.39, 0.29) is 12.0 Å². The fraction of sp³-hybridized carbons (Fsp3) is 0.400. The topological polar surface area (TPSA) is 38.0 Å². The molecule has 21 heavy (non-hydrogen) atoms. The van der Waals surface area contributed by atoms with Crippen molar-refractivity contribution in [1.29, 1.82) is 0 Å². The SMILES string of the molecule is CCc1cc(CC(O)c2ccc(F)c(F)c2F)n(CC)n1. The summed E-state index contributed by atoms with van der Waals surface area (Å²) in [6, 6.07) is 3.70. The van der Waals surface area contributed by atoms with Gasteiger partial charge in [0.15, 0.2) is 17.5 Å². The van der Waals surface area contributed by atoms with E-state index in [1.807, 2.05) is 19.9 Å². The average Bonchev–Trinajstić information content (AvgIpc) is 2.87. The molecule has 0 fully saturated rings. The van der Waals surface area contributed by atoms with Crippen LogP contribution in [0.3, 0.4) is 0 Å². The third kappa shape index (κ3) is 3.10. The highest BCUT2D eigenvalue weighted by molar-refractivity contribution is 5.24. The van der Waals surface area contributed by atoms with E-state index >= 15 is 0 Å². The van der Waals surface area contributed by atoms with Gasteiger partial charge in [-0.2, -0.15) is 5.10 Å². The Morgan fingerprint density at radius 3 is 2.52 bits per heavy atom. The normalized spacial score (nSPS) is 12.7. The van der Waals surface area contributed by atoms with Crippen molar-refractivity contribution < 1.29 is 18.3 Å². The molecule has 1 heterocycles. The van der Waals surface area contributed by atoms with E-state index in [2.05, 4.69) is 5.10 Å². The van der Waals surface area contributed by atoms with Crippen LogP contribution in [-0.4, -0.2) is 14.9 Å². The van der Waals surface area contributed by atoms with Crippen molar-refractivity contribution in [3.05, 3.63) is 52.6 Å². The minimum Gasteiger partial charge on any atom is -0.388 e. The van der Waals surface area contributed by atoms with E-state index < -0.39 is 23.6 Å². The van der Waals surface area contributed by atoms with Crippen LogP contribution in [0.15, 0.2) is 18.2 Å². The number of aromatic nitrogens is 2. The molecule has 1 aromatic carbocycles. The summed E-state index contributed by atoms with van der Waals surface area (Å²) in [5.41, 5.74) is 1.34. The zero-order valence-corrected chi connectivity index (χ0v) is 11.9.